The van der Waals surface area contributed by atoms with Gasteiger partial charge in [0.15, 0.2) is 5.69 Å². The summed E-state index contributed by atoms with van der Waals surface area (Å²) in [5.74, 6) is 0. The molecule has 3 N–H and O–H groups in total. The van der Waals surface area contributed by atoms with Gasteiger partial charge in [-0.25, -0.2) is 0 Å². The molecule has 2 unspecified atom stereocenters. The number of nitrogens with one attached hydrogen (secondary N) is 1. The van der Waals surface area contributed by atoms with Crippen LogP contribution >= 0.6 is 0 Å². The Morgan fingerprint density at radius 3 is 2.77 bits per heavy atom. The molecule has 0 bridgehead atoms. The molecule has 2 heterocycles. The third kappa shape index (κ3) is 3.52. The molecule has 1 aromatic rings. The Hall–Kier alpha value is -0.920. The largest absolute Gasteiger partial charge is 1.00 e. The number of ether oxygens (including phenoxy) is 1. The number of para-hydroxylation sites is 2. The summed E-state index contributed by atoms with van der Waals surface area (Å²) >= 11 is 0. The summed E-state index contributed by atoms with van der Waals surface area (Å²) in [6.07, 6.45) is 1.89. The monoisotopic (exact) mass is 368 g/mol. The molecule has 0 aliphatic carbocycles. The first-order valence-electron chi connectivity index (χ1n) is 7.69. The van der Waals surface area contributed by atoms with Crippen LogP contribution in [-0.2, 0) is 4.74 Å². The van der Waals surface area contributed by atoms with E-state index in [0.717, 1.165) is 45.9 Å². The number of hydrogen-bond acceptors (Lipinski definition) is 4. The molecule has 2 atom stereocenters. The van der Waals surface area contributed by atoms with Gasteiger partial charge >= 0.3 is 0 Å². The van der Waals surface area contributed by atoms with Crippen molar-refractivity contribution in [2.45, 2.75) is 6.29 Å². The van der Waals surface area contributed by atoms with E-state index in [1.54, 1.807) is 0 Å². The van der Waals surface area contributed by atoms with E-state index in [9.17, 15) is 0 Å². The summed E-state index contributed by atoms with van der Waals surface area (Å²) in [5.41, 5.74) is 9.02. The fourth-order valence-electron chi connectivity index (χ4n) is 3.23. The number of rotatable bonds is 5. The molecule has 0 radical (unpaired) electrons. The van der Waals surface area contributed by atoms with Gasteiger partial charge in [-0.3, -0.25) is 15.5 Å². The SMILES string of the molecule is C=CCN1c2ccccc2[NH+](CCN2CCOCC2)C1N.[Br-]. The number of fused-ring (bicyclic) bond motifs is 1. The Bertz CT molecular complexity index is 493. The Morgan fingerprint density at radius 1 is 1.32 bits per heavy atom. The van der Waals surface area contributed by atoms with E-state index >= 15 is 0 Å². The van der Waals surface area contributed by atoms with Crippen molar-refractivity contribution in [1.29, 1.82) is 0 Å². The molecule has 122 valence electrons. The predicted octanol–water partition coefficient (Wildman–Crippen LogP) is -3.21. The molecule has 3 rings (SSSR count). The van der Waals surface area contributed by atoms with E-state index in [1.165, 1.54) is 16.3 Å². The first kappa shape index (κ1) is 17.4. The maximum Gasteiger partial charge on any atom is 0.224 e. The van der Waals surface area contributed by atoms with Gasteiger partial charge in [-0.05, 0) is 6.07 Å². The van der Waals surface area contributed by atoms with Crippen LogP contribution in [0.2, 0.25) is 0 Å². The summed E-state index contributed by atoms with van der Waals surface area (Å²) in [6, 6.07) is 8.51. The molecule has 22 heavy (non-hydrogen) atoms. The minimum atomic E-state index is -0.0264. The molecule has 1 fully saturated rings. The first-order valence-corrected chi connectivity index (χ1v) is 7.69. The van der Waals surface area contributed by atoms with Crippen molar-refractivity contribution in [2.24, 2.45) is 5.73 Å². The normalized spacial score (nSPS) is 24.7. The molecule has 0 aromatic heterocycles. The zero-order valence-corrected chi connectivity index (χ0v) is 14.5. The number of nitrogens with zero attached hydrogens (tertiary/aromatic N) is 2. The quantitative estimate of drug-likeness (QED) is 0.537. The smallest absolute Gasteiger partial charge is 0.224 e. The Labute approximate surface area is 143 Å². The average molecular weight is 369 g/mol. The van der Waals surface area contributed by atoms with Crippen LogP contribution in [0.4, 0.5) is 11.4 Å². The van der Waals surface area contributed by atoms with E-state index in [0.29, 0.717) is 0 Å². The van der Waals surface area contributed by atoms with Crippen LogP contribution in [0.3, 0.4) is 0 Å². The van der Waals surface area contributed by atoms with Crippen molar-refractivity contribution in [3.05, 3.63) is 36.9 Å². The van der Waals surface area contributed by atoms with Crippen LogP contribution < -0.4 is 32.5 Å². The number of quaternary nitrogens is 1. The lowest BCUT2D eigenvalue weighted by Gasteiger charge is -2.29. The van der Waals surface area contributed by atoms with Crippen molar-refractivity contribution in [1.82, 2.24) is 4.90 Å². The van der Waals surface area contributed by atoms with E-state index < -0.39 is 0 Å². The summed E-state index contributed by atoms with van der Waals surface area (Å²) in [4.78, 5) is 6.04. The summed E-state index contributed by atoms with van der Waals surface area (Å²) in [5, 5.41) is 0. The highest BCUT2D eigenvalue weighted by Crippen LogP contribution is 2.27. The van der Waals surface area contributed by atoms with Crippen LogP contribution in [0.1, 0.15) is 0 Å². The third-order valence-corrected chi connectivity index (χ3v) is 4.38. The van der Waals surface area contributed by atoms with Crippen LogP contribution in [0, 0.1) is 0 Å². The van der Waals surface area contributed by atoms with Crippen molar-refractivity contribution in [3.8, 4) is 0 Å². The van der Waals surface area contributed by atoms with E-state index in [1.807, 2.05) is 6.08 Å². The number of hydrogen-bond donors (Lipinski definition) is 2. The van der Waals surface area contributed by atoms with Crippen LogP contribution in [-0.4, -0.2) is 57.1 Å². The third-order valence-electron chi connectivity index (χ3n) is 4.38. The van der Waals surface area contributed by atoms with Gasteiger partial charge in [0.1, 0.15) is 5.69 Å². The summed E-state index contributed by atoms with van der Waals surface area (Å²) in [6.45, 7) is 10.5. The molecule has 0 amide bonds. The van der Waals surface area contributed by atoms with Crippen LogP contribution in [0.25, 0.3) is 0 Å². The van der Waals surface area contributed by atoms with Crippen LogP contribution in [0.5, 0.6) is 0 Å². The van der Waals surface area contributed by atoms with Crippen molar-refractivity contribution >= 4 is 11.4 Å². The molecular weight excluding hydrogens is 344 g/mol. The fourth-order valence-corrected chi connectivity index (χ4v) is 3.23. The van der Waals surface area contributed by atoms with Gasteiger partial charge in [0.2, 0.25) is 6.29 Å². The molecule has 2 aliphatic rings. The highest BCUT2D eigenvalue weighted by molar-refractivity contribution is 5.65. The molecule has 0 saturated carbocycles. The second-order valence-electron chi connectivity index (χ2n) is 5.63. The molecule has 1 aromatic carbocycles. The molecule has 5 nitrogen and oxygen atoms in total. The van der Waals surface area contributed by atoms with E-state index in [-0.39, 0.29) is 23.3 Å². The number of benzene rings is 1. The summed E-state index contributed by atoms with van der Waals surface area (Å²) in [7, 11) is 0. The highest BCUT2D eigenvalue weighted by Gasteiger charge is 2.37. The number of morpholine rings is 1. The number of anilines is 1. The Kier molecular flexibility index (Phi) is 6.40. The van der Waals surface area contributed by atoms with Gasteiger partial charge in [-0.2, -0.15) is 0 Å². The molecule has 1 saturated heterocycles. The van der Waals surface area contributed by atoms with Crippen molar-refractivity contribution in [2.75, 3.05) is 50.8 Å². The van der Waals surface area contributed by atoms with Gasteiger partial charge in [0, 0.05) is 32.2 Å². The zero-order chi connectivity index (χ0) is 14.7. The Morgan fingerprint density at radius 2 is 2.05 bits per heavy atom. The van der Waals surface area contributed by atoms with Gasteiger partial charge in [-0.15, -0.1) is 6.58 Å². The highest BCUT2D eigenvalue weighted by atomic mass is 79.9. The average Bonchev–Trinajstić information content (AvgIpc) is 2.79. The van der Waals surface area contributed by atoms with Crippen LogP contribution in [0.15, 0.2) is 36.9 Å². The minimum absolute atomic E-state index is 0. The zero-order valence-electron chi connectivity index (χ0n) is 12.9. The Balaban J connectivity index is 0.00000176. The second-order valence-corrected chi connectivity index (χ2v) is 5.63. The summed E-state index contributed by atoms with van der Waals surface area (Å²) < 4.78 is 5.41. The lowest BCUT2D eigenvalue weighted by Crippen LogP contribution is -3.14. The molecule has 2 aliphatic heterocycles. The maximum atomic E-state index is 6.47. The topological polar surface area (TPSA) is 46.2 Å². The predicted molar refractivity (Wildman–Crippen MR) is 84.7 cm³/mol. The lowest BCUT2D eigenvalue weighted by atomic mass is 10.2. The lowest BCUT2D eigenvalue weighted by molar-refractivity contribution is -0.852. The van der Waals surface area contributed by atoms with Gasteiger partial charge < -0.3 is 26.6 Å². The van der Waals surface area contributed by atoms with Crippen molar-refractivity contribution < 1.29 is 26.6 Å². The van der Waals surface area contributed by atoms with E-state index in [2.05, 4.69) is 40.6 Å². The standard InChI is InChI=1S/C16H24N4O.BrH/c1-2-7-19-14-5-3-4-6-15(14)20(16(19)17)9-8-18-10-12-21-13-11-18;/h2-6,16H,1,7-13,17H2;1H. The molecular formula is C16H25BrN4O. The maximum absolute atomic E-state index is 6.47. The molecule has 0 spiro atoms. The minimum Gasteiger partial charge on any atom is -1.00 e. The van der Waals surface area contributed by atoms with Gasteiger partial charge in [0.05, 0.1) is 19.8 Å². The fraction of sp³-hybridized carbons (Fsp3) is 0.500. The van der Waals surface area contributed by atoms with Gasteiger partial charge in [0.25, 0.3) is 0 Å². The van der Waals surface area contributed by atoms with Gasteiger partial charge in [-0.1, -0.05) is 18.2 Å². The van der Waals surface area contributed by atoms with E-state index in [4.69, 9.17) is 10.5 Å². The number of halogens is 1. The second kappa shape index (κ2) is 8.08. The first-order chi connectivity index (χ1) is 10.3. The molecule has 6 heteroatoms. The van der Waals surface area contributed by atoms with Crippen molar-refractivity contribution in [3.63, 3.8) is 0 Å². The number of nitrogens with two attached hydrogens (primary N) is 1.